The van der Waals surface area contributed by atoms with Crippen molar-refractivity contribution in [1.29, 1.82) is 0 Å². The lowest BCUT2D eigenvalue weighted by Gasteiger charge is -2.16. The molecule has 2 amide bonds. The molecule has 3 N–H and O–H groups in total. The lowest BCUT2D eigenvalue weighted by molar-refractivity contribution is -0.120. The van der Waals surface area contributed by atoms with Crippen LogP contribution in [0.15, 0.2) is 89.3 Å². The third kappa shape index (κ3) is 4.10. The highest BCUT2D eigenvalue weighted by molar-refractivity contribution is 5.97. The number of primary amides is 1. The number of hydrogen-bond donors (Lipinski definition) is 2. The maximum atomic E-state index is 12.6. The lowest BCUT2D eigenvalue weighted by atomic mass is 10.1. The molecule has 1 heterocycles. The van der Waals surface area contributed by atoms with Gasteiger partial charge in [-0.2, -0.15) is 0 Å². The van der Waals surface area contributed by atoms with E-state index >= 15 is 0 Å². The quantitative estimate of drug-likeness (QED) is 0.517. The summed E-state index contributed by atoms with van der Waals surface area (Å²) in [6.45, 7) is 0. The molecule has 0 aliphatic rings. The van der Waals surface area contributed by atoms with Crippen LogP contribution in [0.1, 0.15) is 22.0 Å². The monoisotopic (exact) mass is 398 g/mol. The minimum absolute atomic E-state index is 0.347. The van der Waals surface area contributed by atoms with Gasteiger partial charge in [-0.1, -0.05) is 48.5 Å². The Balaban J connectivity index is 1.50. The van der Waals surface area contributed by atoms with Crippen molar-refractivity contribution in [1.82, 2.24) is 15.5 Å². The van der Waals surface area contributed by atoms with Crippen LogP contribution in [-0.4, -0.2) is 22.0 Å². The van der Waals surface area contributed by atoms with E-state index in [2.05, 4.69) is 15.5 Å². The Morgan fingerprint density at radius 2 is 1.30 bits per heavy atom. The Bertz CT molecular complexity index is 1160. The standard InChI is InChI=1S/C23H18N4O3/c24-20(28)19(15-7-3-1-4-8-15)25-21(29)16-11-13-18(14-12-16)23-27-26-22(30-23)17-9-5-2-6-10-17/h1-14,19H,(H2,24,28)(H,25,29)/t19-/m0/s1. The molecule has 0 aliphatic carbocycles. The van der Waals surface area contributed by atoms with Crippen LogP contribution < -0.4 is 11.1 Å². The summed E-state index contributed by atoms with van der Waals surface area (Å²) < 4.78 is 5.73. The third-order valence-corrected chi connectivity index (χ3v) is 4.53. The van der Waals surface area contributed by atoms with E-state index in [0.29, 0.717) is 28.5 Å². The minimum atomic E-state index is -0.914. The summed E-state index contributed by atoms with van der Waals surface area (Å²) >= 11 is 0. The van der Waals surface area contributed by atoms with Crippen molar-refractivity contribution in [2.75, 3.05) is 0 Å². The van der Waals surface area contributed by atoms with Gasteiger partial charge in [0.05, 0.1) is 0 Å². The number of nitrogens with one attached hydrogen (secondary N) is 1. The lowest BCUT2D eigenvalue weighted by Crippen LogP contribution is -2.37. The number of nitrogens with zero attached hydrogens (tertiary/aromatic N) is 2. The molecule has 0 saturated carbocycles. The number of nitrogens with two attached hydrogens (primary N) is 1. The van der Waals surface area contributed by atoms with Gasteiger partial charge in [-0.15, -0.1) is 10.2 Å². The van der Waals surface area contributed by atoms with Crippen LogP contribution in [0.2, 0.25) is 0 Å². The topological polar surface area (TPSA) is 111 Å². The fraction of sp³-hybridized carbons (Fsp3) is 0.0435. The largest absolute Gasteiger partial charge is 0.416 e. The first-order chi connectivity index (χ1) is 14.6. The Hall–Kier alpha value is -4.26. The van der Waals surface area contributed by atoms with Crippen molar-refractivity contribution in [3.8, 4) is 22.9 Å². The zero-order chi connectivity index (χ0) is 20.9. The number of hydrogen-bond acceptors (Lipinski definition) is 5. The van der Waals surface area contributed by atoms with E-state index in [1.54, 1.807) is 48.5 Å². The predicted molar refractivity (Wildman–Crippen MR) is 111 cm³/mol. The van der Waals surface area contributed by atoms with Gasteiger partial charge in [-0.05, 0) is 42.0 Å². The van der Waals surface area contributed by atoms with Gasteiger partial charge in [0.15, 0.2) is 0 Å². The van der Waals surface area contributed by atoms with E-state index in [-0.39, 0.29) is 0 Å². The second-order valence-electron chi connectivity index (χ2n) is 6.58. The first-order valence-corrected chi connectivity index (χ1v) is 9.26. The third-order valence-electron chi connectivity index (χ3n) is 4.53. The molecule has 30 heavy (non-hydrogen) atoms. The zero-order valence-electron chi connectivity index (χ0n) is 15.9. The van der Waals surface area contributed by atoms with E-state index in [1.165, 1.54) is 0 Å². The summed E-state index contributed by atoms with van der Waals surface area (Å²) in [6.07, 6.45) is 0. The number of carbonyl (C=O) groups is 2. The van der Waals surface area contributed by atoms with Gasteiger partial charge in [0.25, 0.3) is 5.91 Å². The average Bonchev–Trinajstić information content (AvgIpc) is 3.29. The molecule has 0 aliphatic heterocycles. The molecular weight excluding hydrogens is 380 g/mol. The Kier molecular flexibility index (Phi) is 5.34. The Labute approximate surface area is 172 Å². The normalized spacial score (nSPS) is 11.6. The molecule has 3 aromatic carbocycles. The summed E-state index contributed by atoms with van der Waals surface area (Å²) in [5.74, 6) is -0.283. The van der Waals surface area contributed by atoms with Crippen molar-refractivity contribution in [3.63, 3.8) is 0 Å². The van der Waals surface area contributed by atoms with Crippen molar-refractivity contribution in [3.05, 3.63) is 96.1 Å². The molecule has 0 fully saturated rings. The zero-order valence-corrected chi connectivity index (χ0v) is 15.9. The molecule has 1 aromatic heterocycles. The summed E-state index contributed by atoms with van der Waals surface area (Å²) in [6, 6.07) is 24.1. The van der Waals surface area contributed by atoms with Gasteiger partial charge >= 0.3 is 0 Å². The molecule has 0 spiro atoms. The fourth-order valence-electron chi connectivity index (χ4n) is 2.98. The highest BCUT2D eigenvalue weighted by Gasteiger charge is 2.21. The molecule has 0 radical (unpaired) electrons. The number of amides is 2. The Morgan fingerprint density at radius 3 is 1.87 bits per heavy atom. The summed E-state index contributed by atoms with van der Waals surface area (Å²) in [4.78, 5) is 24.4. The number of carbonyl (C=O) groups excluding carboxylic acids is 2. The van der Waals surface area contributed by atoms with Gasteiger partial charge in [0, 0.05) is 16.7 Å². The van der Waals surface area contributed by atoms with Crippen LogP contribution in [0.5, 0.6) is 0 Å². The molecule has 0 saturated heterocycles. The predicted octanol–water partition coefficient (Wildman–Crippen LogP) is 3.36. The van der Waals surface area contributed by atoms with E-state index < -0.39 is 17.9 Å². The summed E-state index contributed by atoms with van der Waals surface area (Å²) in [5.41, 5.74) is 7.96. The maximum absolute atomic E-state index is 12.6. The first kappa shape index (κ1) is 19.1. The SMILES string of the molecule is NC(=O)[C@@H](NC(=O)c1ccc(-c2nnc(-c3ccccc3)o2)cc1)c1ccccc1. The van der Waals surface area contributed by atoms with Gasteiger partial charge in [-0.25, -0.2) is 0 Å². The highest BCUT2D eigenvalue weighted by atomic mass is 16.4. The van der Waals surface area contributed by atoms with Crippen molar-refractivity contribution < 1.29 is 14.0 Å². The summed E-state index contributed by atoms with van der Waals surface area (Å²) in [7, 11) is 0. The molecule has 4 rings (SSSR count). The van der Waals surface area contributed by atoms with Crippen LogP contribution in [-0.2, 0) is 4.79 Å². The van der Waals surface area contributed by atoms with Gasteiger partial charge in [-0.3, -0.25) is 9.59 Å². The molecule has 7 heteroatoms. The highest BCUT2D eigenvalue weighted by Crippen LogP contribution is 2.24. The van der Waals surface area contributed by atoms with E-state index in [1.807, 2.05) is 36.4 Å². The molecule has 148 valence electrons. The number of benzene rings is 3. The smallest absolute Gasteiger partial charge is 0.252 e. The second-order valence-corrected chi connectivity index (χ2v) is 6.58. The maximum Gasteiger partial charge on any atom is 0.252 e. The van der Waals surface area contributed by atoms with Crippen molar-refractivity contribution >= 4 is 11.8 Å². The minimum Gasteiger partial charge on any atom is -0.416 e. The van der Waals surface area contributed by atoms with E-state index in [4.69, 9.17) is 10.2 Å². The molecule has 4 aromatic rings. The van der Waals surface area contributed by atoms with Crippen LogP contribution in [0.4, 0.5) is 0 Å². The van der Waals surface area contributed by atoms with E-state index in [0.717, 1.165) is 5.56 Å². The van der Waals surface area contributed by atoms with Crippen LogP contribution in [0.25, 0.3) is 22.9 Å². The molecule has 0 bridgehead atoms. The number of rotatable bonds is 6. The first-order valence-electron chi connectivity index (χ1n) is 9.26. The average molecular weight is 398 g/mol. The van der Waals surface area contributed by atoms with E-state index in [9.17, 15) is 9.59 Å². The number of aromatic nitrogens is 2. The van der Waals surface area contributed by atoms with Crippen LogP contribution in [0.3, 0.4) is 0 Å². The van der Waals surface area contributed by atoms with Gasteiger partial charge < -0.3 is 15.5 Å². The van der Waals surface area contributed by atoms with Crippen molar-refractivity contribution in [2.45, 2.75) is 6.04 Å². The molecule has 1 atom stereocenters. The van der Waals surface area contributed by atoms with Crippen LogP contribution >= 0.6 is 0 Å². The van der Waals surface area contributed by atoms with Crippen molar-refractivity contribution in [2.24, 2.45) is 5.73 Å². The molecule has 0 unspecified atom stereocenters. The van der Waals surface area contributed by atoms with Crippen LogP contribution in [0, 0.1) is 0 Å². The molecule has 7 nitrogen and oxygen atoms in total. The second kappa shape index (κ2) is 8.40. The fourth-order valence-corrected chi connectivity index (χ4v) is 2.98. The summed E-state index contributed by atoms with van der Waals surface area (Å²) in [5, 5.41) is 10.8. The Morgan fingerprint density at radius 1 is 0.767 bits per heavy atom. The molecular formula is C23H18N4O3. The van der Waals surface area contributed by atoms with Gasteiger partial charge in [0.1, 0.15) is 6.04 Å². The van der Waals surface area contributed by atoms with Gasteiger partial charge in [0.2, 0.25) is 17.7 Å².